The van der Waals surface area contributed by atoms with Crippen molar-refractivity contribution in [1.29, 1.82) is 5.26 Å². The van der Waals surface area contributed by atoms with Gasteiger partial charge in [-0.3, -0.25) is 4.79 Å². The monoisotopic (exact) mass is 324 g/mol. The van der Waals surface area contributed by atoms with Crippen LogP contribution in [-0.2, 0) is 4.79 Å². The standard InChI is InChI=1S/C14H17BrN2O2/c1-11(14(18)17-10-6-2-5-9-16)19-13-8-4-3-7-12(13)15/h3-4,7-8,11H,2,5-6,10H2,1H3,(H,17,18). The van der Waals surface area contributed by atoms with Gasteiger partial charge >= 0.3 is 0 Å². The van der Waals surface area contributed by atoms with E-state index in [-0.39, 0.29) is 5.91 Å². The van der Waals surface area contributed by atoms with Crippen molar-refractivity contribution < 1.29 is 9.53 Å². The average Bonchev–Trinajstić information content (AvgIpc) is 2.41. The zero-order chi connectivity index (χ0) is 14.1. The van der Waals surface area contributed by atoms with Crippen molar-refractivity contribution in [2.45, 2.75) is 32.3 Å². The number of unbranched alkanes of at least 4 members (excludes halogenated alkanes) is 2. The minimum atomic E-state index is -0.547. The molecule has 0 aromatic heterocycles. The smallest absolute Gasteiger partial charge is 0.260 e. The number of nitriles is 1. The van der Waals surface area contributed by atoms with E-state index in [0.29, 0.717) is 18.7 Å². The number of nitrogens with one attached hydrogen (secondary N) is 1. The molecule has 1 aromatic rings. The first-order chi connectivity index (χ1) is 9.15. The number of carbonyl (C=O) groups excluding carboxylic acids is 1. The topological polar surface area (TPSA) is 62.1 Å². The summed E-state index contributed by atoms with van der Waals surface area (Å²) in [5.74, 6) is 0.502. The van der Waals surface area contributed by atoms with Crippen LogP contribution < -0.4 is 10.1 Å². The molecule has 1 amide bonds. The third kappa shape index (κ3) is 5.75. The van der Waals surface area contributed by atoms with Crippen LogP contribution in [0.25, 0.3) is 0 Å². The number of rotatable bonds is 7. The Labute approximate surface area is 121 Å². The van der Waals surface area contributed by atoms with Crippen LogP contribution in [0.4, 0.5) is 0 Å². The molecule has 19 heavy (non-hydrogen) atoms. The highest BCUT2D eigenvalue weighted by atomic mass is 79.9. The van der Waals surface area contributed by atoms with Crippen molar-refractivity contribution in [1.82, 2.24) is 5.32 Å². The molecule has 102 valence electrons. The number of hydrogen-bond donors (Lipinski definition) is 1. The Morgan fingerprint density at radius 3 is 2.89 bits per heavy atom. The van der Waals surface area contributed by atoms with E-state index >= 15 is 0 Å². The van der Waals surface area contributed by atoms with Crippen LogP contribution in [0.1, 0.15) is 26.2 Å². The maximum atomic E-state index is 11.8. The number of hydrogen-bond acceptors (Lipinski definition) is 3. The number of amides is 1. The first-order valence-electron chi connectivity index (χ1n) is 6.21. The van der Waals surface area contributed by atoms with Gasteiger partial charge in [0.05, 0.1) is 10.5 Å². The van der Waals surface area contributed by atoms with Crippen molar-refractivity contribution in [3.05, 3.63) is 28.7 Å². The van der Waals surface area contributed by atoms with Crippen LogP contribution in [-0.4, -0.2) is 18.6 Å². The Kier molecular flexibility index (Phi) is 6.98. The maximum Gasteiger partial charge on any atom is 0.260 e. The van der Waals surface area contributed by atoms with E-state index in [0.717, 1.165) is 17.3 Å². The summed E-state index contributed by atoms with van der Waals surface area (Å²) in [6.45, 7) is 2.29. The van der Waals surface area contributed by atoms with Crippen molar-refractivity contribution in [3.63, 3.8) is 0 Å². The third-order valence-corrected chi connectivity index (χ3v) is 3.18. The SMILES string of the molecule is CC(Oc1ccccc1Br)C(=O)NCCCCC#N. The zero-order valence-electron chi connectivity index (χ0n) is 10.9. The van der Waals surface area contributed by atoms with E-state index in [1.807, 2.05) is 18.2 Å². The van der Waals surface area contributed by atoms with E-state index < -0.39 is 6.10 Å². The van der Waals surface area contributed by atoms with Gasteiger partial charge in [0.15, 0.2) is 6.10 Å². The summed E-state index contributed by atoms with van der Waals surface area (Å²) < 4.78 is 6.40. The fourth-order valence-corrected chi connectivity index (χ4v) is 1.85. The van der Waals surface area contributed by atoms with Crippen molar-refractivity contribution in [2.75, 3.05) is 6.54 Å². The van der Waals surface area contributed by atoms with Gasteiger partial charge in [-0.15, -0.1) is 0 Å². The van der Waals surface area contributed by atoms with Gasteiger partial charge < -0.3 is 10.1 Å². The molecule has 0 aliphatic heterocycles. The highest BCUT2D eigenvalue weighted by molar-refractivity contribution is 9.10. The number of nitrogens with zero attached hydrogens (tertiary/aromatic N) is 1. The molecule has 1 aromatic carbocycles. The molecule has 0 bridgehead atoms. The molecule has 0 radical (unpaired) electrons. The van der Waals surface area contributed by atoms with E-state index in [2.05, 4.69) is 27.3 Å². The second kappa shape index (κ2) is 8.54. The molecule has 0 saturated carbocycles. The third-order valence-electron chi connectivity index (χ3n) is 2.52. The van der Waals surface area contributed by atoms with Gasteiger partial charge in [0.1, 0.15) is 5.75 Å². The lowest BCUT2D eigenvalue weighted by atomic mass is 10.2. The van der Waals surface area contributed by atoms with Crippen LogP contribution in [0.2, 0.25) is 0 Å². The molecule has 0 saturated heterocycles. The molecule has 0 spiro atoms. The molecule has 4 nitrogen and oxygen atoms in total. The van der Waals surface area contributed by atoms with Gasteiger partial charge in [-0.25, -0.2) is 0 Å². The van der Waals surface area contributed by atoms with E-state index in [1.54, 1.807) is 13.0 Å². The van der Waals surface area contributed by atoms with Crippen LogP contribution in [0, 0.1) is 11.3 Å². The normalized spacial score (nSPS) is 11.4. The van der Waals surface area contributed by atoms with Gasteiger partial charge in [0.25, 0.3) is 5.91 Å². The Bertz CT molecular complexity index is 457. The molecule has 0 aliphatic rings. The minimum absolute atomic E-state index is 0.146. The van der Waals surface area contributed by atoms with Crippen LogP contribution in [0.15, 0.2) is 28.7 Å². The number of benzene rings is 1. The Morgan fingerprint density at radius 1 is 1.47 bits per heavy atom. The Hall–Kier alpha value is -1.54. The molecule has 0 aliphatic carbocycles. The molecule has 1 rings (SSSR count). The molecular weight excluding hydrogens is 308 g/mol. The van der Waals surface area contributed by atoms with Crippen LogP contribution >= 0.6 is 15.9 Å². The fourth-order valence-electron chi connectivity index (χ4n) is 1.47. The van der Waals surface area contributed by atoms with E-state index in [4.69, 9.17) is 10.00 Å². The fraction of sp³-hybridized carbons (Fsp3) is 0.429. The van der Waals surface area contributed by atoms with Crippen molar-refractivity contribution in [2.24, 2.45) is 0 Å². The van der Waals surface area contributed by atoms with Gasteiger partial charge in [-0.05, 0) is 47.8 Å². The molecule has 1 N–H and O–H groups in total. The van der Waals surface area contributed by atoms with E-state index in [9.17, 15) is 4.79 Å². The quantitative estimate of drug-likeness (QED) is 0.784. The van der Waals surface area contributed by atoms with Gasteiger partial charge in [-0.1, -0.05) is 12.1 Å². The van der Waals surface area contributed by atoms with E-state index in [1.165, 1.54) is 0 Å². The zero-order valence-corrected chi connectivity index (χ0v) is 12.4. The first-order valence-corrected chi connectivity index (χ1v) is 7.00. The van der Waals surface area contributed by atoms with Gasteiger partial charge in [-0.2, -0.15) is 5.26 Å². The lowest BCUT2D eigenvalue weighted by Crippen LogP contribution is -2.36. The highest BCUT2D eigenvalue weighted by Crippen LogP contribution is 2.24. The summed E-state index contributed by atoms with van der Waals surface area (Å²) in [5.41, 5.74) is 0. The molecule has 0 heterocycles. The van der Waals surface area contributed by atoms with Crippen LogP contribution in [0.3, 0.4) is 0 Å². The molecule has 5 heteroatoms. The summed E-state index contributed by atoms with van der Waals surface area (Å²) in [6, 6.07) is 9.48. The second-order valence-electron chi connectivity index (χ2n) is 4.10. The molecule has 1 unspecified atom stereocenters. The summed E-state index contributed by atoms with van der Waals surface area (Å²) in [5, 5.41) is 11.2. The van der Waals surface area contributed by atoms with Crippen LogP contribution in [0.5, 0.6) is 5.75 Å². The van der Waals surface area contributed by atoms with Gasteiger partial charge in [0.2, 0.25) is 0 Å². The number of para-hydroxylation sites is 1. The average molecular weight is 325 g/mol. The minimum Gasteiger partial charge on any atom is -0.480 e. The van der Waals surface area contributed by atoms with Gasteiger partial charge in [0, 0.05) is 13.0 Å². The number of carbonyl (C=O) groups is 1. The Balaban J connectivity index is 2.33. The summed E-state index contributed by atoms with van der Waals surface area (Å²) in [6.07, 6.45) is 1.59. The number of ether oxygens (including phenoxy) is 1. The van der Waals surface area contributed by atoms with Crippen molar-refractivity contribution >= 4 is 21.8 Å². The lowest BCUT2D eigenvalue weighted by molar-refractivity contribution is -0.127. The highest BCUT2D eigenvalue weighted by Gasteiger charge is 2.14. The summed E-state index contributed by atoms with van der Waals surface area (Å²) in [7, 11) is 0. The predicted octanol–water partition coefficient (Wildman–Crippen LogP) is 3.03. The molecule has 1 atom stereocenters. The predicted molar refractivity (Wildman–Crippen MR) is 76.7 cm³/mol. The summed E-state index contributed by atoms with van der Waals surface area (Å²) >= 11 is 3.37. The second-order valence-corrected chi connectivity index (χ2v) is 4.95. The summed E-state index contributed by atoms with van der Waals surface area (Å²) in [4.78, 5) is 11.8. The lowest BCUT2D eigenvalue weighted by Gasteiger charge is -2.15. The molecule has 0 fully saturated rings. The Morgan fingerprint density at radius 2 is 2.21 bits per heavy atom. The van der Waals surface area contributed by atoms with Crippen molar-refractivity contribution in [3.8, 4) is 11.8 Å². The number of halogens is 1. The molecular formula is C14H17BrN2O2. The first kappa shape index (κ1) is 15.5. The maximum absolute atomic E-state index is 11.8. The largest absolute Gasteiger partial charge is 0.480 e.